The van der Waals surface area contributed by atoms with Crippen molar-refractivity contribution in [2.24, 2.45) is 0 Å². The summed E-state index contributed by atoms with van der Waals surface area (Å²) >= 11 is 1.78. The summed E-state index contributed by atoms with van der Waals surface area (Å²) < 4.78 is 0. The molecule has 1 N–H and O–H groups in total. The summed E-state index contributed by atoms with van der Waals surface area (Å²) in [6.45, 7) is 4.04. The predicted octanol–water partition coefficient (Wildman–Crippen LogP) is 0.695. The first-order valence-corrected chi connectivity index (χ1v) is 9.24. The second-order valence-corrected chi connectivity index (χ2v) is 7.43. The van der Waals surface area contributed by atoms with Gasteiger partial charge in [0, 0.05) is 32.7 Å². The molecule has 3 rings (SSSR count). The Morgan fingerprint density at radius 2 is 1.76 bits per heavy atom. The van der Waals surface area contributed by atoms with Crippen molar-refractivity contribution in [1.29, 1.82) is 0 Å². The Morgan fingerprint density at radius 1 is 0.952 bits per heavy atom. The number of nitrogens with one attached hydrogen (secondary N) is 1. The van der Waals surface area contributed by atoms with Crippen molar-refractivity contribution in [3.8, 4) is 0 Å². The highest BCUT2D eigenvalue weighted by molar-refractivity contribution is 8.00. The van der Waals surface area contributed by atoms with E-state index in [2.05, 4.69) is 5.32 Å². The Bertz CT molecular complexity index is 356. The molecule has 0 saturated carbocycles. The molecule has 0 bridgehead atoms. The second-order valence-electron chi connectivity index (χ2n) is 6.12. The number of hydrogen-bond acceptors (Lipinski definition) is 4. The number of amides is 2. The lowest BCUT2D eigenvalue weighted by atomic mass is 10.1. The number of piperazine rings is 1. The van der Waals surface area contributed by atoms with Gasteiger partial charge in [-0.05, 0) is 31.4 Å². The third kappa shape index (κ3) is 3.37. The van der Waals surface area contributed by atoms with Gasteiger partial charge in [-0.2, -0.15) is 0 Å². The summed E-state index contributed by atoms with van der Waals surface area (Å²) in [5.74, 6) is 1.47. The Labute approximate surface area is 130 Å². The van der Waals surface area contributed by atoms with Gasteiger partial charge in [-0.3, -0.25) is 9.59 Å². The zero-order chi connectivity index (χ0) is 14.7. The van der Waals surface area contributed by atoms with Crippen LogP contribution in [0.25, 0.3) is 0 Å². The van der Waals surface area contributed by atoms with Crippen LogP contribution in [0.2, 0.25) is 0 Å². The maximum Gasteiger partial charge on any atom is 0.245 e. The van der Waals surface area contributed by atoms with Crippen LogP contribution in [0, 0.1) is 0 Å². The first-order valence-electron chi connectivity index (χ1n) is 8.19. The molecule has 0 spiro atoms. The highest BCUT2D eigenvalue weighted by atomic mass is 32.2. The van der Waals surface area contributed by atoms with Gasteiger partial charge >= 0.3 is 0 Å². The highest BCUT2D eigenvalue weighted by Gasteiger charge is 2.39. The van der Waals surface area contributed by atoms with E-state index in [0.29, 0.717) is 0 Å². The second kappa shape index (κ2) is 7.01. The van der Waals surface area contributed by atoms with E-state index >= 15 is 0 Å². The van der Waals surface area contributed by atoms with Crippen LogP contribution in [-0.4, -0.2) is 71.4 Å². The largest absolute Gasteiger partial charge is 0.338 e. The third-order valence-corrected chi connectivity index (χ3v) is 6.07. The predicted molar refractivity (Wildman–Crippen MR) is 84.3 cm³/mol. The van der Waals surface area contributed by atoms with E-state index in [1.54, 1.807) is 11.8 Å². The third-order valence-electron chi connectivity index (χ3n) is 4.70. The molecule has 2 unspecified atom stereocenters. The van der Waals surface area contributed by atoms with E-state index in [-0.39, 0.29) is 23.1 Å². The molecule has 3 aliphatic rings. The average Bonchev–Trinajstić information content (AvgIpc) is 3.04. The highest BCUT2D eigenvalue weighted by Crippen LogP contribution is 2.30. The fourth-order valence-electron chi connectivity index (χ4n) is 3.50. The summed E-state index contributed by atoms with van der Waals surface area (Å²) in [5, 5.41) is 3.36. The first kappa shape index (κ1) is 15.2. The van der Waals surface area contributed by atoms with Gasteiger partial charge in [0.05, 0.1) is 5.25 Å². The zero-order valence-electron chi connectivity index (χ0n) is 12.6. The Morgan fingerprint density at radius 3 is 2.48 bits per heavy atom. The number of hydrogen-bond donors (Lipinski definition) is 1. The van der Waals surface area contributed by atoms with Gasteiger partial charge in [0.15, 0.2) is 0 Å². The fourth-order valence-corrected chi connectivity index (χ4v) is 4.77. The van der Waals surface area contributed by atoms with E-state index in [1.165, 1.54) is 6.42 Å². The van der Waals surface area contributed by atoms with Crippen LogP contribution in [-0.2, 0) is 9.59 Å². The van der Waals surface area contributed by atoms with E-state index in [1.807, 2.05) is 9.80 Å². The Hall–Kier alpha value is -0.750. The maximum atomic E-state index is 12.7. The number of thioether (sulfide) groups is 1. The van der Waals surface area contributed by atoms with Crippen molar-refractivity contribution >= 4 is 23.6 Å². The number of nitrogens with zero attached hydrogens (tertiary/aromatic N) is 2. The standard InChI is InChI=1S/C15H25N3O2S/c19-14(17-9-6-16-7-10-17)12-4-3-8-18(12)15(20)13-5-1-2-11-21-13/h12-13,16H,1-11H2. The van der Waals surface area contributed by atoms with Crippen LogP contribution >= 0.6 is 11.8 Å². The fraction of sp³-hybridized carbons (Fsp3) is 0.867. The maximum absolute atomic E-state index is 12.7. The molecule has 2 amide bonds. The van der Waals surface area contributed by atoms with Crippen molar-refractivity contribution in [3.05, 3.63) is 0 Å². The van der Waals surface area contributed by atoms with Gasteiger partial charge in [-0.15, -0.1) is 11.8 Å². The van der Waals surface area contributed by atoms with E-state index < -0.39 is 0 Å². The Kier molecular flexibility index (Phi) is 5.06. The van der Waals surface area contributed by atoms with Gasteiger partial charge in [0.2, 0.25) is 11.8 Å². The molecule has 6 heteroatoms. The summed E-state index contributed by atoms with van der Waals surface area (Å²) in [5.41, 5.74) is 0. The molecule has 21 heavy (non-hydrogen) atoms. The van der Waals surface area contributed by atoms with Crippen molar-refractivity contribution in [1.82, 2.24) is 15.1 Å². The molecule has 0 aromatic rings. The van der Waals surface area contributed by atoms with E-state index in [4.69, 9.17) is 0 Å². The molecule has 3 saturated heterocycles. The number of rotatable bonds is 2. The molecule has 0 aliphatic carbocycles. The molecule has 3 fully saturated rings. The minimum atomic E-state index is -0.196. The van der Waals surface area contributed by atoms with Crippen molar-refractivity contribution in [2.45, 2.75) is 43.4 Å². The van der Waals surface area contributed by atoms with Crippen molar-refractivity contribution in [3.63, 3.8) is 0 Å². The normalized spacial score (nSPS) is 30.5. The molecular formula is C15H25N3O2S. The number of likely N-dealkylation sites (tertiary alicyclic amines) is 1. The zero-order valence-corrected chi connectivity index (χ0v) is 13.4. The minimum absolute atomic E-state index is 0.0928. The SMILES string of the molecule is O=C(C1CCCN1C(=O)C1CCCCS1)N1CCNCC1. The van der Waals surface area contributed by atoms with Crippen molar-refractivity contribution < 1.29 is 9.59 Å². The van der Waals surface area contributed by atoms with Crippen molar-refractivity contribution in [2.75, 3.05) is 38.5 Å². The monoisotopic (exact) mass is 311 g/mol. The summed E-state index contributed by atoms with van der Waals surface area (Å²) in [4.78, 5) is 29.2. The van der Waals surface area contributed by atoms with Crippen LogP contribution in [0.4, 0.5) is 0 Å². The summed E-state index contributed by atoms with van der Waals surface area (Å²) in [7, 11) is 0. The number of carbonyl (C=O) groups excluding carboxylic acids is 2. The molecular weight excluding hydrogens is 286 g/mol. The van der Waals surface area contributed by atoms with Crippen LogP contribution in [0.3, 0.4) is 0 Å². The van der Waals surface area contributed by atoms with Crippen LogP contribution in [0.15, 0.2) is 0 Å². The minimum Gasteiger partial charge on any atom is -0.338 e. The summed E-state index contributed by atoms with van der Waals surface area (Å²) in [6.07, 6.45) is 5.15. The lowest BCUT2D eigenvalue weighted by molar-refractivity contribution is -0.144. The Balaban J connectivity index is 1.63. The number of carbonyl (C=O) groups is 2. The van der Waals surface area contributed by atoms with Gasteiger partial charge in [-0.1, -0.05) is 6.42 Å². The van der Waals surface area contributed by atoms with Crippen LogP contribution in [0.1, 0.15) is 32.1 Å². The molecule has 118 valence electrons. The first-order chi connectivity index (χ1) is 10.3. The van der Waals surface area contributed by atoms with Gasteiger partial charge in [-0.25, -0.2) is 0 Å². The van der Waals surface area contributed by atoms with Crippen LogP contribution in [0.5, 0.6) is 0 Å². The molecule has 5 nitrogen and oxygen atoms in total. The van der Waals surface area contributed by atoms with E-state index in [9.17, 15) is 9.59 Å². The molecule has 0 aromatic heterocycles. The van der Waals surface area contributed by atoms with Gasteiger partial charge < -0.3 is 15.1 Å². The smallest absolute Gasteiger partial charge is 0.245 e. The van der Waals surface area contributed by atoms with Crippen LogP contribution < -0.4 is 5.32 Å². The molecule has 3 heterocycles. The topological polar surface area (TPSA) is 52.7 Å². The van der Waals surface area contributed by atoms with Gasteiger partial charge in [0.1, 0.15) is 6.04 Å². The molecule has 2 atom stereocenters. The lowest BCUT2D eigenvalue weighted by Crippen LogP contribution is -2.54. The van der Waals surface area contributed by atoms with E-state index in [0.717, 1.165) is 64.2 Å². The quantitative estimate of drug-likeness (QED) is 0.815. The molecule has 0 radical (unpaired) electrons. The lowest BCUT2D eigenvalue weighted by Gasteiger charge is -2.34. The summed E-state index contributed by atoms with van der Waals surface area (Å²) in [6, 6.07) is -0.196. The molecule has 0 aromatic carbocycles. The van der Waals surface area contributed by atoms with Gasteiger partial charge in [0.25, 0.3) is 0 Å². The average molecular weight is 311 g/mol. The molecule has 3 aliphatic heterocycles.